The van der Waals surface area contributed by atoms with Crippen LogP contribution in [0.4, 0.5) is 4.79 Å². The molecule has 0 aromatic carbocycles. The van der Waals surface area contributed by atoms with Gasteiger partial charge < -0.3 is 20.5 Å². The summed E-state index contributed by atoms with van der Waals surface area (Å²) in [6, 6.07) is -1.32. The van der Waals surface area contributed by atoms with Crippen molar-refractivity contribution in [1.82, 2.24) is 20.9 Å². The molecule has 31 heavy (non-hydrogen) atoms. The van der Waals surface area contributed by atoms with E-state index in [-0.39, 0.29) is 49.2 Å². The molecule has 3 N–H and O–H groups in total. The molecule has 5 amide bonds. The maximum Gasteiger partial charge on any atom is 0.325 e. The maximum absolute atomic E-state index is 13.6. The summed E-state index contributed by atoms with van der Waals surface area (Å²) in [5.41, 5.74) is 0. The van der Waals surface area contributed by atoms with E-state index >= 15 is 0 Å². The molecule has 0 bridgehead atoms. The second-order valence-corrected chi connectivity index (χ2v) is 11.2. The molecule has 1 heterocycles. The van der Waals surface area contributed by atoms with E-state index in [1.165, 1.54) is 7.05 Å². The number of nitrogens with zero attached hydrogens (tertiary/aromatic N) is 1. The molecule has 3 atom stereocenters. The molecule has 0 saturated carbocycles. The first-order valence-corrected chi connectivity index (χ1v) is 12.7. The summed E-state index contributed by atoms with van der Waals surface area (Å²) in [5, 5.41) is 7.75. The number of carbonyl (C=O) groups is 4. The van der Waals surface area contributed by atoms with Gasteiger partial charge in [-0.3, -0.25) is 23.8 Å². The molecule has 0 spiro atoms. The molecule has 1 aliphatic heterocycles. The second kappa shape index (κ2) is 12.2. The lowest BCUT2D eigenvalue weighted by Gasteiger charge is -2.28. The van der Waals surface area contributed by atoms with Gasteiger partial charge >= 0.3 is 6.03 Å². The Hall–Kier alpha value is -1.93. The highest BCUT2D eigenvalue weighted by Crippen LogP contribution is 2.50. The Morgan fingerprint density at radius 3 is 2.19 bits per heavy atom. The van der Waals surface area contributed by atoms with Crippen LogP contribution < -0.4 is 16.0 Å². The number of urea groups is 1. The van der Waals surface area contributed by atoms with Crippen molar-refractivity contribution >= 4 is 31.1 Å². The van der Waals surface area contributed by atoms with Crippen molar-refractivity contribution in [3.63, 3.8) is 0 Å². The molecule has 1 fully saturated rings. The highest BCUT2D eigenvalue weighted by Gasteiger charge is 2.39. The van der Waals surface area contributed by atoms with Crippen LogP contribution in [-0.4, -0.2) is 67.3 Å². The number of hydrogen-bond donors (Lipinski definition) is 3. The van der Waals surface area contributed by atoms with Gasteiger partial charge in [-0.2, -0.15) is 0 Å². The van der Waals surface area contributed by atoms with Crippen LogP contribution in [0.1, 0.15) is 47.5 Å². The number of rotatable bonds is 13. The predicted molar refractivity (Wildman–Crippen MR) is 118 cm³/mol. The fourth-order valence-corrected chi connectivity index (χ4v) is 6.01. The van der Waals surface area contributed by atoms with Crippen LogP contribution in [-0.2, 0) is 23.5 Å². The van der Waals surface area contributed by atoms with E-state index < -0.39 is 31.3 Å². The van der Waals surface area contributed by atoms with Gasteiger partial charge in [-0.15, -0.1) is 0 Å². The van der Waals surface area contributed by atoms with Gasteiger partial charge in [-0.25, -0.2) is 4.79 Å². The van der Waals surface area contributed by atoms with E-state index in [4.69, 9.17) is 4.52 Å². The first-order chi connectivity index (χ1) is 14.4. The number of likely N-dealkylation sites (N-methyl/N-ethyl adjacent to an activating group) is 1. The number of nitrogens with one attached hydrogen (secondary N) is 3. The van der Waals surface area contributed by atoms with Gasteiger partial charge in [0.2, 0.25) is 19.2 Å². The maximum atomic E-state index is 13.6. The standard InChI is InChI=1S/C20H37N4O6P/c1-7-30-31(29,12-24-17(25)10-22-20(24)28)11-15(8-13(2)3)18(26)23-16(9-14(4)5)19(27)21-6/h13-16H,7-12H2,1-6H3,(H,21,27)(H,22,28)(H,23,26)/t15-,16+,31?/m1/s1. The Morgan fingerprint density at radius 1 is 1.13 bits per heavy atom. The third kappa shape index (κ3) is 8.61. The fraction of sp³-hybridized carbons (Fsp3) is 0.800. The molecule has 11 heteroatoms. The van der Waals surface area contributed by atoms with Gasteiger partial charge in [-0.05, 0) is 31.6 Å². The smallest absolute Gasteiger partial charge is 0.325 e. The monoisotopic (exact) mass is 460 g/mol. The van der Waals surface area contributed by atoms with E-state index in [0.717, 1.165) is 4.90 Å². The van der Waals surface area contributed by atoms with Crippen molar-refractivity contribution in [3.8, 4) is 0 Å². The Labute approximate surface area is 184 Å². The van der Waals surface area contributed by atoms with Crippen molar-refractivity contribution in [2.45, 2.75) is 53.5 Å². The van der Waals surface area contributed by atoms with Crippen LogP contribution in [0.2, 0.25) is 0 Å². The van der Waals surface area contributed by atoms with Gasteiger partial charge in [0, 0.05) is 19.1 Å². The van der Waals surface area contributed by atoms with Crippen LogP contribution in [0, 0.1) is 17.8 Å². The summed E-state index contributed by atoms with van der Waals surface area (Å²) in [6.07, 6.45) is 0.388. The minimum Gasteiger partial charge on any atom is -0.357 e. The van der Waals surface area contributed by atoms with Crippen LogP contribution in [0.3, 0.4) is 0 Å². The topological polar surface area (TPSA) is 134 Å². The lowest BCUT2D eigenvalue weighted by molar-refractivity contribution is -0.131. The van der Waals surface area contributed by atoms with Crippen molar-refractivity contribution in [2.75, 3.05) is 32.6 Å². The van der Waals surface area contributed by atoms with Gasteiger partial charge in [0.05, 0.1) is 13.2 Å². The highest BCUT2D eigenvalue weighted by molar-refractivity contribution is 7.59. The predicted octanol–water partition coefficient (Wildman–Crippen LogP) is 1.75. The molecule has 0 aliphatic carbocycles. The summed E-state index contributed by atoms with van der Waals surface area (Å²) < 4.78 is 19.1. The van der Waals surface area contributed by atoms with Crippen molar-refractivity contribution in [3.05, 3.63) is 0 Å². The average molecular weight is 461 g/mol. The number of carbonyl (C=O) groups excluding carboxylic acids is 4. The Balaban J connectivity index is 3.06. The Kier molecular flexibility index (Phi) is 10.7. The third-order valence-corrected chi connectivity index (χ3v) is 7.31. The molecule has 1 saturated heterocycles. The van der Waals surface area contributed by atoms with Crippen molar-refractivity contribution < 1.29 is 28.3 Å². The first-order valence-electron chi connectivity index (χ1n) is 10.7. The second-order valence-electron chi connectivity index (χ2n) is 8.67. The van der Waals surface area contributed by atoms with E-state index in [0.29, 0.717) is 12.8 Å². The van der Waals surface area contributed by atoms with Gasteiger partial charge in [0.25, 0.3) is 5.91 Å². The first kappa shape index (κ1) is 27.1. The number of imide groups is 1. The molecule has 1 unspecified atom stereocenters. The molecular weight excluding hydrogens is 423 g/mol. The van der Waals surface area contributed by atoms with Crippen LogP contribution >= 0.6 is 7.37 Å². The molecular formula is C20H37N4O6P. The summed E-state index contributed by atoms with van der Waals surface area (Å²) in [5.74, 6) is -1.56. The van der Waals surface area contributed by atoms with Crippen LogP contribution in [0.25, 0.3) is 0 Å². The summed E-state index contributed by atoms with van der Waals surface area (Å²) in [6.45, 7) is 9.42. The summed E-state index contributed by atoms with van der Waals surface area (Å²) >= 11 is 0. The van der Waals surface area contributed by atoms with E-state index in [2.05, 4.69) is 16.0 Å². The normalized spacial score (nSPS) is 18.0. The molecule has 0 aromatic heterocycles. The molecule has 1 aliphatic rings. The van der Waals surface area contributed by atoms with Crippen molar-refractivity contribution in [1.29, 1.82) is 0 Å². The zero-order valence-electron chi connectivity index (χ0n) is 19.4. The summed E-state index contributed by atoms with van der Waals surface area (Å²) in [4.78, 5) is 50.1. The quantitative estimate of drug-likeness (QED) is 0.283. The lowest BCUT2D eigenvalue weighted by Crippen LogP contribution is -2.49. The largest absolute Gasteiger partial charge is 0.357 e. The SMILES string of the molecule is CCOP(=O)(C[C@@H](CC(C)C)C(=O)N[C@@H](CC(C)C)C(=O)NC)CN1C(=O)CNC1=O. The zero-order chi connectivity index (χ0) is 23.8. The van der Waals surface area contributed by atoms with Gasteiger partial charge in [0.15, 0.2) is 0 Å². The van der Waals surface area contributed by atoms with Crippen LogP contribution in [0.5, 0.6) is 0 Å². The zero-order valence-corrected chi connectivity index (χ0v) is 20.3. The van der Waals surface area contributed by atoms with Crippen LogP contribution in [0.15, 0.2) is 0 Å². The fourth-order valence-electron chi connectivity index (χ4n) is 3.54. The molecule has 0 radical (unpaired) electrons. The van der Waals surface area contributed by atoms with E-state index in [9.17, 15) is 23.7 Å². The minimum atomic E-state index is -3.53. The molecule has 0 aromatic rings. The van der Waals surface area contributed by atoms with Crippen molar-refractivity contribution in [2.24, 2.45) is 17.8 Å². The van der Waals surface area contributed by atoms with E-state index in [1.54, 1.807) is 6.92 Å². The Bertz CT molecular complexity index is 696. The highest BCUT2D eigenvalue weighted by atomic mass is 31.2. The van der Waals surface area contributed by atoms with Gasteiger partial charge in [-0.1, -0.05) is 27.7 Å². The number of hydrogen-bond acceptors (Lipinski definition) is 6. The third-order valence-electron chi connectivity index (χ3n) is 4.87. The average Bonchev–Trinajstić information content (AvgIpc) is 2.97. The Morgan fingerprint density at radius 2 is 1.74 bits per heavy atom. The molecule has 10 nitrogen and oxygen atoms in total. The number of amides is 5. The minimum absolute atomic E-state index is 0.116. The summed E-state index contributed by atoms with van der Waals surface area (Å²) in [7, 11) is -2.02. The molecule has 1 rings (SSSR count). The van der Waals surface area contributed by atoms with E-state index in [1.807, 2.05) is 27.7 Å². The lowest BCUT2D eigenvalue weighted by atomic mass is 9.96. The molecule has 178 valence electrons. The van der Waals surface area contributed by atoms with Gasteiger partial charge in [0.1, 0.15) is 12.3 Å².